The number of imidazole rings is 1. The monoisotopic (exact) mass is 447 g/mol. The Kier molecular flexibility index (Phi) is 5.27. The van der Waals surface area contributed by atoms with Crippen molar-refractivity contribution in [2.24, 2.45) is 0 Å². The quantitative estimate of drug-likeness (QED) is 0.445. The van der Waals surface area contributed by atoms with E-state index in [4.69, 9.17) is 0 Å². The first-order chi connectivity index (χ1) is 14.0. The fourth-order valence-electron chi connectivity index (χ4n) is 3.21. The zero-order valence-corrected chi connectivity index (χ0v) is 17.3. The highest BCUT2D eigenvalue weighted by Gasteiger charge is 2.21. The molecule has 1 aromatic heterocycles. The summed E-state index contributed by atoms with van der Waals surface area (Å²) in [5.41, 5.74) is 3.08. The summed E-state index contributed by atoms with van der Waals surface area (Å²) in [5.74, 6) is 0.281. The number of rotatable bonds is 5. The van der Waals surface area contributed by atoms with Crippen molar-refractivity contribution in [2.75, 3.05) is 7.05 Å². The molecule has 1 amide bonds. The van der Waals surface area contributed by atoms with Gasteiger partial charge in [0.15, 0.2) is 5.78 Å². The fraction of sp³-hybridized carbons (Fsp3) is 0.0870. The molecule has 1 N–H and O–H groups in total. The molecule has 0 aliphatic carbocycles. The molecule has 0 saturated carbocycles. The number of fused-ring (bicyclic) bond motifs is 1. The van der Waals surface area contributed by atoms with Gasteiger partial charge in [0.25, 0.3) is 5.91 Å². The van der Waals surface area contributed by atoms with Gasteiger partial charge in [-0.2, -0.15) is 0 Å². The van der Waals surface area contributed by atoms with Gasteiger partial charge in [0.2, 0.25) is 0 Å². The third kappa shape index (κ3) is 3.98. The van der Waals surface area contributed by atoms with Crippen LogP contribution in [0, 0.1) is 0 Å². The molecule has 0 atom stereocenters. The molecule has 1 heterocycles. The van der Waals surface area contributed by atoms with E-state index >= 15 is 0 Å². The van der Waals surface area contributed by atoms with E-state index in [1.165, 1.54) is 0 Å². The maximum Gasteiger partial charge on any atom is 0.254 e. The Hall–Kier alpha value is -3.25. The summed E-state index contributed by atoms with van der Waals surface area (Å²) in [6.07, 6.45) is 0. The minimum Gasteiger partial charge on any atom is -0.340 e. The number of carbonyl (C=O) groups is 2. The standard InChI is InChI=1S/C23H18BrN3O2/c1-27(14-21-25-19-8-4-5-9-20(19)26-21)23(29)18-7-3-2-6-17(18)22(28)15-10-12-16(24)13-11-15/h2-13H,14H2,1H3,(H,25,26). The van der Waals surface area contributed by atoms with Crippen LogP contribution >= 0.6 is 15.9 Å². The Morgan fingerprint density at radius 1 is 0.931 bits per heavy atom. The number of aromatic nitrogens is 2. The molecule has 0 bridgehead atoms. The van der Waals surface area contributed by atoms with Gasteiger partial charge in [0.05, 0.1) is 23.1 Å². The van der Waals surface area contributed by atoms with E-state index < -0.39 is 0 Å². The summed E-state index contributed by atoms with van der Waals surface area (Å²) in [6, 6.07) is 21.7. The zero-order valence-electron chi connectivity index (χ0n) is 15.7. The first kappa shape index (κ1) is 19.1. The largest absolute Gasteiger partial charge is 0.340 e. The summed E-state index contributed by atoms with van der Waals surface area (Å²) in [5, 5.41) is 0. The molecule has 29 heavy (non-hydrogen) atoms. The first-order valence-electron chi connectivity index (χ1n) is 9.11. The van der Waals surface area contributed by atoms with E-state index in [9.17, 15) is 9.59 Å². The van der Waals surface area contributed by atoms with Gasteiger partial charge in [0, 0.05) is 22.6 Å². The van der Waals surface area contributed by atoms with Gasteiger partial charge >= 0.3 is 0 Å². The van der Waals surface area contributed by atoms with E-state index in [0.29, 0.717) is 29.1 Å². The molecular weight excluding hydrogens is 430 g/mol. The number of nitrogens with zero attached hydrogens (tertiary/aromatic N) is 2. The van der Waals surface area contributed by atoms with Crippen molar-refractivity contribution in [1.29, 1.82) is 0 Å². The Bertz CT molecular complexity index is 1170. The minimum absolute atomic E-state index is 0.182. The number of aromatic amines is 1. The first-order valence-corrected chi connectivity index (χ1v) is 9.90. The normalized spacial score (nSPS) is 10.8. The number of ketones is 1. The van der Waals surface area contributed by atoms with Gasteiger partial charge in [-0.25, -0.2) is 4.98 Å². The van der Waals surface area contributed by atoms with E-state index in [1.54, 1.807) is 48.3 Å². The second-order valence-corrected chi connectivity index (χ2v) is 7.66. The smallest absolute Gasteiger partial charge is 0.254 e. The molecule has 4 rings (SSSR count). The highest BCUT2D eigenvalue weighted by Crippen LogP contribution is 2.19. The average Bonchev–Trinajstić information content (AvgIpc) is 3.15. The lowest BCUT2D eigenvalue weighted by molar-refractivity contribution is 0.0777. The SMILES string of the molecule is CN(Cc1nc2ccccc2[nH]1)C(=O)c1ccccc1C(=O)c1ccc(Br)cc1. The van der Waals surface area contributed by atoms with Crippen molar-refractivity contribution in [3.05, 3.63) is 99.8 Å². The van der Waals surface area contributed by atoms with Gasteiger partial charge in [-0.3, -0.25) is 9.59 Å². The van der Waals surface area contributed by atoms with Crippen LogP contribution in [0.4, 0.5) is 0 Å². The van der Waals surface area contributed by atoms with Crippen molar-refractivity contribution in [2.45, 2.75) is 6.54 Å². The Balaban J connectivity index is 1.59. The number of nitrogens with one attached hydrogen (secondary N) is 1. The van der Waals surface area contributed by atoms with E-state index in [0.717, 1.165) is 15.5 Å². The van der Waals surface area contributed by atoms with Crippen molar-refractivity contribution >= 4 is 38.7 Å². The molecule has 4 aromatic rings. The molecule has 144 valence electrons. The lowest BCUT2D eigenvalue weighted by atomic mass is 9.97. The maximum absolute atomic E-state index is 13.1. The van der Waals surface area contributed by atoms with Crippen LogP contribution in [-0.4, -0.2) is 33.6 Å². The molecule has 0 spiro atoms. The Morgan fingerprint density at radius 2 is 1.59 bits per heavy atom. The Labute approximate surface area is 176 Å². The fourth-order valence-corrected chi connectivity index (χ4v) is 3.47. The number of halogens is 1. The number of carbonyl (C=O) groups excluding carboxylic acids is 2. The predicted octanol–water partition coefficient (Wildman–Crippen LogP) is 4.83. The summed E-state index contributed by atoms with van der Waals surface area (Å²) in [7, 11) is 1.70. The van der Waals surface area contributed by atoms with E-state index in [-0.39, 0.29) is 11.7 Å². The van der Waals surface area contributed by atoms with Crippen LogP contribution in [0.2, 0.25) is 0 Å². The number of hydrogen-bond donors (Lipinski definition) is 1. The molecular formula is C23H18BrN3O2. The summed E-state index contributed by atoms with van der Waals surface area (Å²) in [6.45, 7) is 0.314. The summed E-state index contributed by atoms with van der Waals surface area (Å²) >= 11 is 3.37. The molecule has 0 saturated heterocycles. The lowest BCUT2D eigenvalue weighted by Crippen LogP contribution is -2.28. The van der Waals surface area contributed by atoms with Crippen LogP contribution in [0.3, 0.4) is 0 Å². The third-order valence-electron chi connectivity index (χ3n) is 4.68. The van der Waals surface area contributed by atoms with Crippen LogP contribution in [-0.2, 0) is 6.54 Å². The molecule has 3 aromatic carbocycles. The van der Waals surface area contributed by atoms with Crippen molar-refractivity contribution < 1.29 is 9.59 Å². The van der Waals surface area contributed by atoms with Crippen molar-refractivity contribution in [1.82, 2.24) is 14.9 Å². The maximum atomic E-state index is 13.1. The average molecular weight is 448 g/mol. The minimum atomic E-state index is -0.230. The second kappa shape index (κ2) is 8.01. The van der Waals surface area contributed by atoms with Gasteiger partial charge in [-0.15, -0.1) is 0 Å². The molecule has 0 aliphatic heterocycles. The lowest BCUT2D eigenvalue weighted by Gasteiger charge is -2.17. The van der Waals surface area contributed by atoms with Gasteiger partial charge < -0.3 is 9.88 Å². The van der Waals surface area contributed by atoms with Gasteiger partial charge in [-0.05, 0) is 42.5 Å². The molecule has 0 radical (unpaired) electrons. The highest BCUT2D eigenvalue weighted by molar-refractivity contribution is 9.10. The predicted molar refractivity (Wildman–Crippen MR) is 116 cm³/mol. The summed E-state index contributed by atoms with van der Waals surface area (Å²) < 4.78 is 0.893. The van der Waals surface area contributed by atoms with E-state index in [1.807, 2.05) is 36.4 Å². The number of benzene rings is 3. The van der Waals surface area contributed by atoms with Crippen molar-refractivity contribution in [3.63, 3.8) is 0 Å². The molecule has 0 fully saturated rings. The third-order valence-corrected chi connectivity index (χ3v) is 5.21. The zero-order chi connectivity index (χ0) is 20.4. The topological polar surface area (TPSA) is 66.1 Å². The van der Waals surface area contributed by atoms with Crippen molar-refractivity contribution in [3.8, 4) is 0 Å². The summed E-state index contributed by atoms with van der Waals surface area (Å²) in [4.78, 5) is 35.4. The van der Waals surface area contributed by atoms with E-state index in [2.05, 4.69) is 25.9 Å². The van der Waals surface area contributed by atoms with Gasteiger partial charge in [0.1, 0.15) is 5.82 Å². The Morgan fingerprint density at radius 3 is 2.31 bits per heavy atom. The highest BCUT2D eigenvalue weighted by atomic mass is 79.9. The van der Waals surface area contributed by atoms with Crippen LogP contribution in [0.5, 0.6) is 0 Å². The van der Waals surface area contributed by atoms with Crippen LogP contribution < -0.4 is 0 Å². The van der Waals surface area contributed by atoms with Crippen LogP contribution in [0.1, 0.15) is 32.1 Å². The molecule has 0 aliphatic rings. The number of amides is 1. The van der Waals surface area contributed by atoms with Crippen LogP contribution in [0.15, 0.2) is 77.3 Å². The number of hydrogen-bond acceptors (Lipinski definition) is 3. The molecule has 0 unspecified atom stereocenters. The van der Waals surface area contributed by atoms with Crippen LogP contribution in [0.25, 0.3) is 11.0 Å². The number of para-hydroxylation sites is 2. The molecule has 5 nitrogen and oxygen atoms in total. The second-order valence-electron chi connectivity index (χ2n) is 6.74. The number of H-pyrrole nitrogens is 1. The van der Waals surface area contributed by atoms with Gasteiger partial charge in [-0.1, -0.05) is 46.3 Å². The molecule has 6 heteroatoms.